The summed E-state index contributed by atoms with van der Waals surface area (Å²) in [4.78, 5) is 8.89. The second-order valence-corrected chi connectivity index (χ2v) is 8.00. The number of benzene rings is 3. The van der Waals surface area contributed by atoms with Crippen LogP contribution in [0, 0.1) is 0 Å². The van der Waals surface area contributed by atoms with Gasteiger partial charge in [0.15, 0.2) is 0 Å². The number of fused-ring (bicyclic) bond motifs is 1. The van der Waals surface area contributed by atoms with Crippen LogP contribution in [0.2, 0.25) is 0 Å². The van der Waals surface area contributed by atoms with Gasteiger partial charge in [0.25, 0.3) is 0 Å². The van der Waals surface area contributed by atoms with E-state index in [4.69, 9.17) is 4.74 Å². The van der Waals surface area contributed by atoms with Crippen molar-refractivity contribution in [3.8, 4) is 5.75 Å². The third-order valence-corrected chi connectivity index (χ3v) is 5.47. The molecule has 0 radical (unpaired) electrons. The van der Waals surface area contributed by atoms with Gasteiger partial charge in [-0.25, -0.2) is 0 Å². The molecule has 0 atom stereocenters. The molecule has 3 nitrogen and oxygen atoms in total. The number of ether oxygens (including phenoxy) is 1. The van der Waals surface area contributed by atoms with Gasteiger partial charge in [0.2, 0.25) is 0 Å². The highest BCUT2D eigenvalue weighted by atomic mass is 79.9. The Morgan fingerprint density at radius 2 is 1.79 bits per heavy atom. The number of hydrogen-bond donors (Lipinski definition) is 0. The minimum atomic E-state index is 0.506. The molecule has 0 amide bonds. The number of aromatic nitrogens is 1. The number of halogens is 2. The van der Waals surface area contributed by atoms with Crippen LogP contribution < -0.4 is 4.74 Å². The van der Waals surface area contributed by atoms with Gasteiger partial charge in [-0.15, -0.1) is 0 Å². The van der Waals surface area contributed by atoms with Gasteiger partial charge in [0, 0.05) is 32.3 Å². The molecule has 0 N–H and O–H groups in total. The van der Waals surface area contributed by atoms with Gasteiger partial charge < -0.3 is 4.74 Å². The molecule has 0 aliphatic heterocycles. The molecular weight excluding hydrogens is 480 g/mol. The standard InChI is InChI=1S/C23H16Br2N2O/c24-19-6-5-18(22(25)13-19)15-28-21-8-3-16(4-9-21)14-27-20-7-10-23-17(12-20)2-1-11-26-23/h1-14H,15H2. The molecule has 0 saturated heterocycles. The number of pyridine rings is 1. The molecule has 4 aromatic rings. The Labute approximate surface area is 180 Å². The lowest BCUT2D eigenvalue weighted by Crippen LogP contribution is -1.96. The van der Waals surface area contributed by atoms with Crippen molar-refractivity contribution in [3.05, 3.63) is 99.1 Å². The summed E-state index contributed by atoms with van der Waals surface area (Å²) in [5, 5.41) is 1.08. The van der Waals surface area contributed by atoms with Crippen LogP contribution in [0.1, 0.15) is 11.1 Å². The van der Waals surface area contributed by atoms with Crippen LogP contribution in [-0.2, 0) is 6.61 Å². The Morgan fingerprint density at radius 3 is 2.61 bits per heavy atom. The summed E-state index contributed by atoms with van der Waals surface area (Å²) in [7, 11) is 0. The van der Waals surface area contributed by atoms with Crippen molar-refractivity contribution in [3.63, 3.8) is 0 Å². The average molecular weight is 496 g/mol. The Morgan fingerprint density at radius 1 is 0.929 bits per heavy atom. The molecule has 28 heavy (non-hydrogen) atoms. The first kappa shape index (κ1) is 18.8. The van der Waals surface area contributed by atoms with E-state index in [0.717, 1.165) is 42.4 Å². The van der Waals surface area contributed by atoms with Crippen LogP contribution >= 0.6 is 31.9 Å². The Balaban J connectivity index is 1.41. The monoisotopic (exact) mass is 494 g/mol. The summed E-state index contributed by atoms with van der Waals surface area (Å²) in [6, 6.07) is 23.9. The van der Waals surface area contributed by atoms with Gasteiger partial charge in [-0.2, -0.15) is 0 Å². The summed E-state index contributed by atoms with van der Waals surface area (Å²) in [5.74, 6) is 0.823. The van der Waals surface area contributed by atoms with E-state index in [9.17, 15) is 0 Å². The highest BCUT2D eigenvalue weighted by Crippen LogP contribution is 2.24. The lowest BCUT2D eigenvalue weighted by Gasteiger charge is -2.08. The molecule has 0 aliphatic carbocycles. The molecule has 5 heteroatoms. The molecule has 0 fully saturated rings. The lowest BCUT2D eigenvalue weighted by molar-refractivity contribution is 0.305. The van der Waals surface area contributed by atoms with E-state index in [0.29, 0.717) is 6.61 Å². The van der Waals surface area contributed by atoms with Crippen LogP contribution in [0.3, 0.4) is 0 Å². The summed E-state index contributed by atoms with van der Waals surface area (Å²) in [6.07, 6.45) is 3.65. The van der Waals surface area contributed by atoms with E-state index < -0.39 is 0 Å². The lowest BCUT2D eigenvalue weighted by atomic mass is 10.2. The van der Waals surface area contributed by atoms with Crippen molar-refractivity contribution in [1.29, 1.82) is 0 Å². The van der Waals surface area contributed by atoms with E-state index in [2.05, 4.69) is 41.8 Å². The zero-order chi connectivity index (χ0) is 19.3. The molecule has 0 spiro atoms. The first-order valence-corrected chi connectivity index (χ1v) is 10.3. The third-order valence-electron chi connectivity index (χ3n) is 4.24. The summed E-state index contributed by atoms with van der Waals surface area (Å²) < 4.78 is 7.94. The maximum atomic E-state index is 5.88. The molecule has 138 valence electrons. The number of rotatable bonds is 5. The topological polar surface area (TPSA) is 34.5 Å². The van der Waals surface area contributed by atoms with Crippen molar-refractivity contribution in [2.24, 2.45) is 4.99 Å². The van der Waals surface area contributed by atoms with Crippen molar-refractivity contribution in [2.45, 2.75) is 6.61 Å². The minimum absolute atomic E-state index is 0.506. The number of aliphatic imine (C=N–C) groups is 1. The fourth-order valence-electron chi connectivity index (χ4n) is 2.74. The van der Waals surface area contributed by atoms with Crippen molar-refractivity contribution < 1.29 is 4.74 Å². The summed E-state index contributed by atoms with van der Waals surface area (Å²) in [5.41, 5.74) is 3.99. The van der Waals surface area contributed by atoms with Crippen molar-refractivity contribution >= 4 is 54.7 Å². The van der Waals surface area contributed by atoms with Crippen LogP contribution in [0.25, 0.3) is 10.9 Å². The largest absolute Gasteiger partial charge is 0.489 e. The molecule has 0 saturated carbocycles. The molecule has 3 aromatic carbocycles. The number of hydrogen-bond acceptors (Lipinski definition) is 3. The Bertz CT molecular complexity index is 1140. The zero-order valence-electron chi connectivity index (χ0n) is 14.8. The first-order chi connectivity index (χ1) is 13.7. The maximum Gasteiger partial charge on any atom is 0.119 e. The fraction of sp³-hybridized carbons (Fsp3) is 0.0435. The molecule has 0 aliphatic rings. The zero-order valence-corrected chi connectivity index (χ0v) is 18.0. The molecule has 0 bridgehead atoms. The predicted molar refractivity (Wildman–Crippen MR) is 122 cm³/mol. The van der Waals surface area contributed by atoms with Crippen LogP contribution in [0.4, 0.5) is 5.69 Å². The maximum absolute atomic E-state index is 5.88. The van der Waals surface area contributed by atoms with Gasteiger partial charge in [-0.3, -0.25) is 9.98 Å². The molecule has 1 heterocycles. The molecule has 0 unspecified atom stereocenters. The van der Waals surface area contributed by atoms with Gasteiger partial charge in [0.1, 0.15) is 12.4 Å². The molecule has 4 rings (SSSR count). The van der Waals surface area contributed by atoms with Gasteiger partial charge >= 0.3 is 0 Å². The second kappa shape index (κ2) is 8.67. The van der Waals surface area contributed by atoms with Gasteiger partial charge in [-0.05, 0) is 66.2 Å². The van der Waals surface area contributed by atoms with Gasteiger partial charge in [-0.1, -0.05) is 44.0 Å². The molecular formula is C23H16Br2N2O. The van der Waals surface area contributed by atoms with Crippen LogP contribution in [-0.4, -0.2) is 11.2 Å². The van der Waals surface area contributed by atoms with E-state index in [-0.39, 0.29) is 0 Å². The quantitative estimate of drug-likeness (QED) is 0.277. The van der Waals surface area contributed by atoms with E-state index >= 15 is 0 Å². The van der Waals surface area contributed by atoms with Crippen LogP contribution in [0.5, 0.6) is 5.75 Å². The summed E-state index contributed by atoms with van der Waals surface area (Å²) in [6.45, 7) is 0.506. The van der Waals surface area contributed by atoms with Gasteiger partial charge in [0.05, 0.1) is 11.2 Å². The third kappa shape index (κ3) is 4.66. The normalized spacial score (nSPS) is 11.2. The fourth-order valence-corrected chi connectivity index (χ4v) is 3.90. The molecule has 1 aromatic heterocycles. The van der Waals surface area contributed by atoms with E-state index in [1.54, 1.807) is 6.20 Å². The smallest absolute Gasteiger partial charge is 0.119 e. The van der Waals surface area contributed by atoms with Crippen molar-refractivity contribution in [1.82, 2.24) is 4.98 Å². The predicted octanol–water partition coefficient (Wildman–Crippen LogP) is 7.09. The van der Waals surface area contributed by atoms with E-state index in [1.807, 2.05) is 79.0 Å². The Kier molecular flexibility index (Phi) is 5.84. The number of nitrogens with zero attached hydrogens (tertiary/aromatic N) is 2. The minimum Gasteiger partial charge on any atom is -0.489 e. The summed E-state index contributed by atoms with van der Waals surface area (Å²) >= 11 is 7.02. The first-order valence-electron chi connectivity index (χ1n) is 8.73. The highest BCUT2D eigenvalue weighted by Gasteiger charge is 2.02. The van der Waals surface area contributed by atoms with Crippen molar-refractivity contribution in [2.75, 3.05) is 0 Å². The Hall–Kier alpha value is -2.50. The van der Waals surface area contributed by atoms with E-state index in [1.165, 1.54) is 0 Å². The van der Waals surface area contributed by atoms with Crippen LogP contribution in [0.15, 0.2) is 92.9 Å². The average Bonchev–Trinajstić information content (AvgIpc) is 2.72. The highest BCUT2D eigenvalue weighted by molar-refractivity contribution is 9.11. The second-order valence-electron chi connectivity index (χ2n) is 6.23. The SMILES string of the molecule is Brc1ccc(COc2ccc(C=Nc3ccc4ncccc4c3)cc2)c(Br)c1.